The van der Waals surface area contributed by atoms with Gasteiger partial charge in [-0.2, -0.15) is 0 Å². The third kappa shape index (κ3) is 25.2. The fourth-order valence-electron chi connectivity index (χ4n) is 6.89. The van der Waals surface area contributed by atoms with Crippen LogP contribution in [0.15, 0.2) is 0 Å². The standard InChI is InChI=1S/C41H91NO16Si6/c1-59(2,3)53-34-31(29-43)50-40(38(57-63(13,14)15)36(34)55-61(7,8)9)52-41-39(58-64(16,17)18)37(56-62(10,11)12)35(54-60(4,5)6)32(51-41)30-49-33(44)19-21-45-23-25-47-27-28-48-26-24-46-22-20-42/h31-32,34-41,43H,19-30,42H2,1-18H3/t31-,32-,34-,35-,36+,37+,38-,39-,40-,41-/m1/s1. The third-order valence-electron chi connectivity index (χ3n) is 8.81. The summed E-state index contributed by atoms with van der Waals surface area (Å²) in [7, 11) is -13.7. The Balaban J connectivity index is 2.45. The minimum absolute atomic E-state index is 0.0294. The monoisotopic (exact) mass is 1020 g/mol. The topological polar surface area (TPSA) is 193 Å². The van der Waals surface area contributed by atoms with Crippen molar-refractivity contribution in [1.82, 2.24) is 0 Å². The lowest BCUT2D eigenvalue weighted by atomic mass is 9.98. The zero-order valence-corrected chi connectivity index (χ0v) is 48.9. The summed E-state index contributed by atoms with van der Waals surface area (Å²) in [5.74, 6) is -0.452. The highest BCUT2D eigenvalue weighted by Crippen LogP contribution is 2.39. The molecule has 17 nitrogen and oxygen atoms in total. The molecule has 0 bridgehead atoms. The van der Waals surface area contributed by atoms with Crippen LogP contribution in [0, 0.1) is 0 Å². The van der Waals surface area contributed by atoms with Crippen LogP contribution in [-0.2, 0) is 69.2 Å². The molecule has 0 aromatic heterocycles. The van der Waals surface area contributed by atoms with Crippen molar-refractivity contribution in [2.75, 3.05) is 72.6 Å². The number of hydrogen-bond acceptors (Lipinski definition) is 17. The molecule has 0 aliphatic carbocycles. The molecular weight excluding hydrogens is 931 g/mol. The van der Waals surface area contributed by atoms with Gasteiger partial charge in [-0.1, -0.05) is 0 Å². The fourth-order valence-corrected chi connectivity index (χ4v) is 13.4. The molecule has 2 aliphatic heterocycles. The number of carbonyl (C=O) groups is 1. The first-order valence-corrected chi connectivity index (χ1v) is 43.6. The van der Waals surface area contributed by atoms with Crippen molar-refractivity contribution >= 4 is 55.9 Å². The molecule has 0 aromatic carbocycles. The van der Waals surface area contributed by atoms with Crippen LogP contribution in [0.25, 0.3) is 0 Å². The Kier molecular flexibility index (Phi) is 25.4. The van der Waals surface area contributed by atoms with Gasteiger partial charge in [0.15, 0.2) is 62.5 Å². The van der Waals surface area contributed by atoms with Crippen LogP contribution in [0.3, 0.4) is 0 Å². The number of aliphatic hydroxyl groups excluding tert-OH is 1. The molecule has 380 valence electrons. The molecule has 0 aromatic rings. The van der Waals surface area contributed by atoms with Crippen molar-refractivity contribution in [1.29, 1.82) is 0 Å². The molecule has 2 aliphatic rings. The number of ether oxygens (including phenoxy) is 8. The maximum absolute atomic E-state index is 13.3. The third-order valence-corrected chi connectivity index (χ3v) is 14.7. The molecule has 0 saturated carbocycles. The van der Waals surface area contributed by atoms with E-state index in [9.17, 15) is 9.90 Å². The Morgan fingerprint density at radius 3 is 1.12 bits per heavy atom. The second kappa shape index (κ2) is 27.0. The van der Waals surface area contributed by atoms with E-state index in [0.717, 1.165) is 0 Å². The Morgan fingerprint density at radius 2 is 0.766 bits per heavy atom. The summed E-state index contributed by atoms with van der Waals surface area (Å²) >= 11 is 0. The molecule has 0 spiro atoms. The number of rotatable bonds is 31. The van der Waals surface area contributed by atoms with Gasteiger partial charge in [0.05, 0.1) is 65.9 Å². The van der Waals surface area contributed by atoms with E-state index >= 15 is 0 Å². The zero-order chi connectivity index (χ0) is 48.7. The fraction of sp³-hybridized carbons (Fsp3) is 0.976. The lowest BCUT2D eigenvalue weighted by Gasteiger charge is -2.53. The largest absolute Gasteiger partial charge is 0.463 e. The number of esters is 1. The van der Waals surface area contributed by atoms with Crippen LogP contribution in [0.4, 0.5) is 0 Å². The van der Waals surface area contributed by atoms with Gasteiger partial charge < -0.3 is 75.3 Å². The lowest BCUT2D eigenvalue weighted by molar-refractivity contribution is -0.368. The summed E-state index contributed by atoms with van der Waals surface area (Å²) in [6, 6.07) is 0. The molecule has 23 heteroatoms. The quantitative estimate of drug-likeness (QED) is 0.0486. The Labute approximate surface area is 392 Å². The van der Waals surface area contributed by atoms with Crippen molar-refractivity contribution in [3.05, 3.63) is 0 Å². The normalized spacial score (nSPS) is 27.8. The Hall–Kier alpha value is 0.171. The van der Waals surface area contributed by atoms with Gasteiger partial charge in [0, 0.05) is 6.54 Å². The Morgan fingerprint density at radius 1 is 0.453 bits per heavy atom. The van der Waals surface area contributed by atoms with E-state index in [4.69, 9.17) is 70.2 Å². The predicted octanol–water partition coefficient (Wildman–Crippen LogP) is 5.72. The molecule has 0 radical (unpaired) electrons. The van der Waals surface area contributed by atoms with Gasteiger partial charge in [-0.3, -0.25) is 4.79 Å². The van der Waals surface area contributed by atoms with Crippen LogP contribution >= 0.6 is 0 Å². The first-order valence-electron chi connectivity index (χ1n) is 23.1. The van der Waals surface area contributed by atoms with Gasteiger partial charge in [-0.05, 0) is 118 Å². The smallest absolute Gasteiger partial charge is 0.308 e. The average Bonchev–Trinajstić information content (AvgIpc) is 3.11. The highest BCUT2D eigenvalue weighted by molar-refractivity contribution is 6.71. The van der Waals surface area contributed by atoms with E-state index in [1.165, 1.54) is 0 Å². The maximum Gasteiger partial charge on any atom is 0.308 e. The summed E-state index contributed by atoms with van der Waals surface area (Å²) in [4.78, 5) is 13.3. The van der Waals surface area contributed by atoms with Crippen molar-refractivity contribution < 1.29 is 74.4 Å². The SMILES string of the molecule is C[Si](C)(C)O[C@@H]1[C@@H](O[Si](C)(C)C)[C@@H](O[C@H]2O[C@H](COC(=O)CCOCCOCCOCCOCCN)[C@@H](O[Si](C)(C)C)[C@H](O[Si](C)(C)C)[C@H]2O[Si](C)(C)C)O[C@H](CO)[C@H]1O[Si](C)(C)C. The summed E-state index contributed by atoms with van der Waals surface area (Å²) in [5.41, 5.74) is 5.41. The summed E-state index contributed by atoms with van der Waals surface area (Å²) in [6.07, 6.45) is -7.76. The highest BCUT2D eigenvalue weighted by atomic mass is 28.4. The van der Waals surface area contributed by atoms with E-state index in [0.29, 0.717) is 52.8 Å². The van der Waals surface area contributed by atoms with Crippen LogP contribution in [0.1, 0.15) is 6.42 Å². The number of nitrogens with two attached hydrogens (primary N) is 1. The van der Waals surface area contributed by atoms with Gasteiger partial charge in [0.25, 0.3) is 0 Å². The van der Waals surface area contributed by atoms with Gasteiger partial charge >= 0.3 is 5.97 Å². The van der Waals surface area contributed by atoms with Crippen LogP contribution in [0.2, 0.25) is 118 Å². The van der Waals surface area contributed by atoms with E-state index < -0.39 is 117 Å². The van der Waals surface area contributed by atoms with Gasteiger partial charge in [-0.25, -0.2) is 0 Å². The highest BCUT2D eigenvalue weighted by Gasteiger charge is 2.57. The van der Waals surface area contributed by atoms with Gasteiger partial charge in [0.2, 0.25) is 0 Å². The summed E-state index contributed by atoms with van der Waals surface area (Å²) in [6.45, 7) is 41.2. The van der Waals surface area contributed by atoms with E-state index in [-0.39, 0.29) is 26.2 Å². The molecule has 3 N–H and O–H groups in total. The molecule has 2 heterocycles. The molecule has 2 saturated heterocycles. The van der Waals surface area contributed by atoms with E-state index in [1.807, 2.05) is 0 Å². The van der Waals surface area contributed by atoms with E-state index in [1.54, 1.807) is 0 Å². The maximum atomic E-state index is 13.3. The second-order valence-corrected chi connectivity index (χ2v) is 49.0. The van der Waals surface area contributed by atoms with Gasteiger partial charge in [-0.15, -0.1) is 0 Å². The minimum Gasteiger partial charge on any atom is -0.463 e. The predicted molar refractivity (Wildman–Crippen MR) is 263 cm³/mol. The van der Waals surface area contributed by atoms with Crippen LogP contribution in [0.5, 0.6) is 0 Å². The molecule has 2 rings (SSSR count). The Bertz CT molecular complexity index is 1320. The minimum atomic E-state index is -2.35. The van der Waals surface area contributed by atoms with Crippen LogP contribution in [-0.4, -0.2) is 195 Å². The van der Waals surface area contributed by atoms with Crippen molar-refractivity contribution in [3.8, 4) is 0 Å². The number of aliphatic hydroxyl groups is 1. The molecular formula is C41H91NO16Si6. The van der Waals surface area contributed by atoms with Crippen LogP contribution < -0.4 is 5.73 Å². The number of hydrogen-bond donors (Lipinski definition) is 2. The molecule has 0 unspecified atom stereocenters. The molecule has 64 heavy (non-hydrogen) atoms. The van der Waals surface area contributed by atoms with Gasteiger partial charge in [0.1, 0.15) is 55.4 Å². The molecule has 2 fully saturated rings. The average molecular weight is 1020 g/mol. The number of carbonyl (C=O) groups excluding carboxylic acids is 1. The summed E-state index contributed by atoms with van der Waals surface area (Å²) in [5, 5.41) is 10.9. The zero-order valence-electron chi connectivity index (χ0n) is 42.9. The van der Waals surface area contributed by atoms with Crippen molar-refractivity contribution in [2.45, 2.75) is 186 Å². The summed E-state index contributed by atoms with van der Waals surface area (Å²) < 4.78 is 90.3. The van der Waals surface area contributed by atoms with Crippen molar-refractivity contribution in [3.63, 3.8) is 0 Å². The van der Waals surface area contributed by atoms with E-state index in [2.05, 4.69) is 118 Å². The second-order valence-electron chi connectivity index (χ2n) is 22.2. The molecule has 10 atom stereocenters. The van der Waals surface area contributed by atoms with Crippen molar-refractivity contribution in [2.24, 2.45) is 5.73 Å². The first-order chi connectivity index (χ1) is 29.3. The lowest BCUT2D eigenvalue weighted by Crippen LogP contribution is -2.69. The molecule has 0 amide bonds. The first kappa shape index (κ1) is 60.3.